The molecule has 0 unspecified atom stereocenters. The average Bonchev–Trinajstić information content (AvgIpc) is 3.12. The first-order valence-corrected chi connectivity index (χ1v) is 13.9. The Morgan fingerprint density at radius 2 is 1.64 bits per heavy atom. The van der Waals surface area contributed by atoms with E-state index in [-0.39, 0.29) is 18.9 Å². The SMILES string of the molecule is CC(C)c1ccc2c(c1)c(Sc1ccc(Cl)c(Cl)c1)c(CC(C)(C)C(=O)O)n2Cc1ccc(C(F)(F)F)cc1. The second-order valence-corrected chi connectivity index (χ2v) is 12.4. The molecule has 9 heteroatoms. The molecule has 206 valence electrons. The van der Waals surface area contributed by atoms with Gasteiger partial charge in [0.1, 0.15) is 0 Å². The van der Waals surface area contributed by atoms with Gasteiger partial charge in [-0.3, -0.25) is 4.79 Å². The van der Waals surface area contributed by atoms with Crippen LogP contribution in [0.2, 0.25) is 10.0 Å². The van der Waals surface area contributed by atoms with E-state index in [4.69, 9.17) is 23.2 Å². The number of hydrogen-bond donors (Lipinski definition) is 1. The fraction of sp³-hybridized carbons (Fsp3) is 0.300. The molecule has 0 amide bonds. The van der Waals surface area contributed by atoms with Gasteiger partial charge >= 0.3 is 12.1 Å². The molecule has 0 saturated carbocycles. The second kappa shape index (κ2) is 11.1. The first-order chi connectivity index (χ1) is 18.2. The summed E-state index contributed by atoms with van der Waals surface area (Å²) in [4.78, 5) is 13.9. The highest BCUT2D eigenvalue weighted by molar-refractivity contribution is 7.99. The van der Waals surface area contributed by atoms with E-state index in [0.717, 1.165) is 44.1 Å². The topological polar surface area (TPSA) is 42.2 Å². The summed E-state index contributed by atoms with van der Waals surface area (Å²) >= 11 is 13.9. The fourth-order valence-corrected chi connectivity index (χ4v) is 5.84. The highest BCUT2D eigenvalue weighted by Gasteiger charge is 2.32. The van der Waals surface area contributed by atoms with Crippen molar-refractivity contribution in [2.45, 2.75) is 62.5 Å². The third kappa shape index (κ3) is 6.42. The Morgan fingerprint density at radius 3 is 2.21 bits per heavy atom. The van der Waals surface area contributed by atoms with E-state index in [1.807, 2.05) is 22.8 Å². The quantitative estimate of drug-likeness (QED) is 0.221. The number of rotatable bonds is 8. The number of aromatic nitrogens is 1. The summed E-state index contributed by atoms with van der Waals surface area (Å²) in [5.41, 5.74) is 1.64. The molecule has 39 heavy (non-hydrogen) atoms. The van der Waals surface area contributed by atoms with Gasteiger partial charge in [0.05, 0.1) is 21.0 Å². The average molecular weight is 595 g/mol. The molecule has 0 spiro atoms. The molecule has 0 bridgehead atoms. The lowest BCUT2D eigenvalue weighted by molar-refractivity contribution is -0.147. The van der Waals surface area contributed by atoms with Crippen molar-refractivity contribution in [2.75, 3.05) is 0 Å². The summed E-state index contributed by atoms with van der Waals surface area (Å²) in [5.74, 6) is -0.684. The molecular formula is C30H28Cl2F3NO2S. The van der Waals surface area contributed by atoms with Gasteiger partial charge in [-0.1, -0.05) is 67.0 Å². The Bertz CT molecular complexity index is 1530. The predicted octanol–water partition coefficient (Wildman–Crippen LogP) is 9.94. The summed E-state index contributed by atoms with van der Waals surface area (Å²) in [5, 5.41) is 11.8. The lowest BCUT2D eigenvalue weighted by atomic mass is 9.88. The third-order valence-corrected chi connectivity index (χ3v) is 8.62. The van der Waals surface area contributed by atoms with Gasteiger partial charge in [0.15, 0.2) is 0 Å². The molecule has 1 heterocycles. The number of hydrogen-bond acceptors (Lipinski definition) is 2. The molecule has 4 rings (SSSR count). The first kappa shape index (κ1) is 29.4. The maximum absolute atomic E-state index is 13.2. The van der Waals surface area contributed by atoms with Crippen LogP contribution in [0.15, 0.2) is 70.5 Å². The van der Waals surface area contributed by atoms with Crippen LogP contribution < -0.4 is 0 Å². The lowest BCUT2D eigenvalue weighted by Crippen LogP contribution is -2.27. The summed E-state index contributed by atoms with van der Waals surface area (Å²) in [6, 6.07) is 16.6. The molecule has 1 aromatic heterocycles. The van der Waals surface area contributed by atoms with Crippen molar-refractivity contribution in [1.82, 2.24) is 4.57 Å². The maximum Gasteiger partial charge on any atom is 0.416 e. The zero-order valence-electron chi connectivity index (χ0n) is 21.9. The molecule has 0 saturated heterocycles. The Morgan fingerprint density at radius 1 is 0.974 bits per heavy atom. The Hall–Kier alpha value is -2.61. The summed E-state index contributed by atoms with van der Waals surface area (Å²) in [7, 11) is 0. The zero-order valence-corrected chi connectivity index (χ0v) is 24.2. The number of aliphatic carboxylic acids is 1. The monoisotopic (exact) mass is 593 g/mol. The van der Waals surface area contributed by atoms with Gasteiger partial charge in [0.25, 0.3) is 0 Å². The van der Waals surface area contributed by atoms with Gasteiger partial charge in [-0.2, -0.15) is 13.2 Å². The Balaban J connectivity index is 1.94. The van der Waals surface area contributed by atoms with Gasteiger partial charge in [-0.15, -0.1) is 0 Å². The van der Waals surface area contributed by atoms with Gasteiger partial charge < -0.3 is 9.67 Å². The van der Waals surface area contributed by atoms with E-state index in [9.17, 15) is 23.1 Å². The van der Waals surface area contributed by atoms with Gasteiger partial charge in [0, 0.05) is 39.4 Å². The second-order valence-electron chi connectivity index (χ2n) is 10.5. The van der Waals surface area contributed by atoms with Crippen LogP contribution in [0.1, 0.15) is 56.0 Å². The molecule has 0 aliphatic rings. The van der Waals surface area contributed by atoms with Crippen molar-refractivity contribution >= 4 is 51.8 Å². The van der Waals surface area contributed by atoms with Crippen LogP contribution in [0, 0.1) is 5.41 Å². The van der Waals surface area contributed by atoms with Crippen molar-refractivity contribution < 1.29 is 23.1 Å². The van der Waals surface area contributed by atoms with Gasteiger partial charge in [-0.05, 0) is 73.4 Å². The molecule has 3 aromatic carbocycles. The lowest BCUT2D eigenvalue weighted by Gasteiger charge is -2.22. The van der Waals surface area contributed by atoms with Crippen molar-refractivity contribution in [1.29, 1.82) is 0 Å². The molecule has 4 aromatic rings. The highest BCUT2D eigenvalue weighted by atomic mass is 35.5. The van der Waals surface area contributed by atoms with E-state index >= 15 is 0 Å². The van der Waals surface area contributed by atoms with Crippen molar-refractivity contribution in [2.24, 2.45) is 5.41 Å². The molecule has 3 nitrogen and oxygen atoms in total. The first-order valence-electron chi connectivity index (χ1n) is 12.3. The van der Waals surface area contributed by atoms with Crippen LogP contribution in [0.4, 0.5) is 13.2 Å². The van der Waals surface area contributed by atoms with Crippen molar-refractivity contribution in [3.63, 3.8) is 0 Å². The van der Waals surface area contributed by atoms with Gasteiger partial charge in [0.2, 0.25) is 0 Å². The number of nitrogens with zero attached hydrogens (tertiary/aromatic N) is 1. The molecular weight excluding hydrogens is 566 g/mol. The van der Waals surface area contributed by atoms with Crippen LogP contribution in [-0.2, 0) is 23.9 Å². The van der Waals surface area contributed by atoms with Crippen LogP contribution in [0.5, 0.6) is 0 Å². The largest absolute Gasteiger partial charge is 0.481 e. The molecule has 0 aliphatic heterocycles. The number of fused-ring (bicyclic) bond motifs is 1. The number of carboxylic acid groups (broad SMARTS) is 1. The summed E-state index contributed by atoms with van der Waals surface area (Å²) < 4.78 is 41.5. The van der Waals surface area contributed by atoms with Crippen molar-refractivity contribution in [3.05, 3.63) is 93.1 Å². The highest BCUT2D eigenvalue weighted by Crippen LogP contribution is 2.43. The summed E-state index contributed by atoms with van der Waals surface area (Å²) in [6.07, 6.45) is -4.22. The normalized spacial score (nSPS) is 12.5. The molecule has 0 fully saturated rings. The van der Waals surface area contributed by atoms with Crippen LogP contribution in [0.3, 0.4) is 0 Å². The smallest absolute Gasteiger partial charge is 0.416 e. The predicted molar refractivity (Wildman–Crippen MR) is 152 cm³/mol. The van der Waals surface area contributed by atoms with E-state index in [1.165, 1.54) is 23.9 Å². The Kier molecular flexibility index (Phi) is 8.36. The standard InChI is InChI=1S/C30H28Cl2F3NO2S/c1-17(2)19-7-12-25-22(13-19)27(39-21-10-11-23(31)24(32)14-21)26(15-29(3,4)28(37)38)36(25)16-18-5-8-20(9-6-18)30(33,34)35/h5-14,17H,15-16H2,1-4H3,(H,37,38). The zero-order chi connectivity index (χ0) is 28.7. The van der Waals surface area contributed by atoms with E-state index in [2.05, 4.69) is 19.9 Å². The minimum atomic E-state index is -4.42. The van der Waals surface area contributed by atoms with Crippen LogP contribution >= 0.6 is 35.0 Å². The Labute approximate surface area is 239 Å². The minimum absolute atomic E-state index is 0.207. The molecule has 0 radical (unpaired) electrons. The molecule has 1 N–H and O–H groups in total. The number of carbonyl (C=O) groups is 1. The van der Waals surface area contributed by atoms with Gasteiger partial charge in [-0.25, -0.2) is 0 Å². The van der Waals surface area contributed by atoms with Crippen molar-refractivity contribution in [3.8, 4) is 0 Å². The third-order valence-electron chi connectivity index (χ3n) is 6.73. The van der Waals surface area contributed by atoms with E-state index in [0.29, 0.717) is 15.6 Å². The number of alkyl halides is 3. The van der Waals surface area contributed by atoms with Crippen LogP contribution in [-0.4, -0.2) is 15.6 Å². The fourth-order valence-electron chi connectivity index (χ4n) is 4.36. The number of carboxylic acids is 1. The number of benzene rings is 3. The molecule has 0 aliphatic carbocycles. The molecule has 0 atom stereocenters. The maximum atomic E-state index is 13.2. The minimum Gasteiger partial charge on any atom is -0.481 e. The van der Waals surface area contributed by atoms with Crippen LogP contribution in [0.25, 0.3) is 10.9 Å². The van der Waals surface area contributed by atoms with E-state index in [1.54, 1.807) is 26.0 Å². The van der Waals surface area contributed by atoms with E-state index < -0.39 is 23.1 Å². The summed E-state index contributed by atoms with van der Waals surface area (Å²) in [6.45, 7) is 7.81. The number of halogens is 5.